The highest BCUT2D eigenvalue weighted by atomic mass is 35.5. The van der Waals surface area contributed by atoms with Gasteiger partial charge in [-0.1, -0.05) is 11.6 Å². The van der Waals surface area contributed by atoms with E-state index in [0.717, 1.165) is 30.1 Å². The predicted molar refractivity (Wildman–Crippen MR) is 125 cm³/mol. The normalized spacial score (nSPS) is 13.3. The summed E-state index contributed by atoms with van der Waals surface area (Å²) in [6.45, 7) is 3.64. The third-order valence-electron chi connectivity index (χ3n) is 4.57. The van der Waals surface area contributed by atoms with Crippen LogP contribution in [0.4, 0.5) is 5.82 Å². The van der Waals surface area contributed by atoms with Gasteiger partial charge in [0.15, 0.2) is 5.01 Å². The molecule has 8 nitrogen and oxygen atoms in total. The number of hydrogen-bond donors (Lipinski definition) is 2. The lowest BCUT2D eigenvalue weighted by Crippen LogP contribution is -2.25. The van der Waals surface area contributed by atoms with Gasteiger partial charge in [-0.05, 0) is 26.1 Å². The van der Waals surface area contributed by atoms with Crippen LogP contribution in [0.15, 0.2) is 18.3 Å². The Labute approximate surface area is 198 Å². The first kappa shape index (κ1) is 23.6. The molecule has 0 saturated heterocycles. The summed E-state index contributed by atoms with van der Waals surface area (Å²) in [5, 5.41) is 6.05. The number of aryl methyl sites for hydroxylation is 1. The van der Waals surface area contributed by atoms with Gasteiger partial charge in [0, 0.05) is 42.7 Å². The number of carbonyl (C=O) groups excluding carboxylic acids is 2. The average molecular weight is 499 g/mol. The molecule has 0 radical (unpaired) electrons. The molecule has 2 N–H and O–H groups in total. The van der Waals surface area contributed by atoms with Gasteiger partial charge in [0.05, 0.1) is 14.9 Å². The fraction of sp³-hybridized carbons (Fsp3) is 0.316. The van der Waals surface area contributed by atoms with Crippen molar-refractivity contribution in [1.29, 1.82) is 0 Å². The molecule has 2 amide bonds. The van der Waals surface area contributed by atoms with Crippen molar-refractivity contribution < 1.29 is 9.59 Å². The maximum absolute atomic E-state index is 12.8. The first-order chi connectivity index (χ1) is 14.4. The van der Waals surface area contributed by atoms with Gasteiger partial charge in [-0.3, -0.25) is 9.59 Å². The number of halogens is 2. The molecule has 0 bridgehead atoms. The fourth-order valence-electron chi connectivity index (χ4n) is 3.01. The Morgan fingerprint density at radius 1 is 1.23 bits per heavy atom. The number of aromatic nitrogens is 3. The van der Waals surface area contributed by atoms with E-state index >= 15 is 0 Å². The lowest BCUT2D eigenvalue weighted by atomic mass is 10.2. The summed E-state index contributed by atoms with van der Waals surface area (Å²) < 4.78 is 0.545. The van der Waals surface area contributed by atoms with Crippen LogP contribution in [0.5, 0.6) is 0 Å². The van der Waals surface area contributed by atoms with Crippen LogP contribution in [-0.2, 0) is 19.5 Å². The van der Waals surface area contributed by atoms with E-state index in [0.29, 0.717) is 31.4 Å². The number of nitrogens with zero attached hydrogens (tertiary/aromatic N) is 4. The van der Waals surface area contributed by atoms with E-state index in [1.165, 1.54) is 22.7 Å². The molecule has 0 unspecified atom stereocenters. The second-order valence-electron chi connectivity index (χ2n) is 6.91. The third-order valence-corrected chi connectivity index (χ3v) is 6.88. The van der Waals surface area contributed by atoms with E-state index in [2.05, 4.69) is 37.5 Å². The van der Waals surface area contributed by atoms with Gasteiger partial charge >= 0.3 is 0 Å². The van der Waals surface area contributed by atoms with Crippen molar-refractivity contribution in [2.45, 2.75) is 26.4 Å². The van der Waals surface area contributed by atoms with Crippen LogP contribution in [0, 0.1) is 6.92 Å². The van der Waals surface area contributed by atoms with Gasteiger partial charge in [0.1, 0.15) is 11.6 Å². The number of amides is 2. The molecule has 31 heavy (non-hydrogen) atoms. The summed E-state index contributed by atoms with van der Waals surface area (Å²) in [5.41, 5.74) is 1.59. The molecule has 1 aliphatic rings. The zero-order valence-corrected chi connectivity index (χ0v) is 20.0. The second-order valence-corrected chi connectivity index (χ2v) is 9.71. The van der Waals surface area contributed by atoms with E-state index in [4.69, 9.17) is 11.6 Å². The highest BCUT2D eigenvalue weighted by Crippen LogP contribution is 2.25. The first-order valence-electron chi connectivity index (χ1n) is 9.23. The van der Waals surface area contributed by atoms with Crippen LogP contribution in [0.2, 0.25) is 4.34 Å². The molecule has 12 heteroatoms. The molecule has 0 aliphatic carbocycles. The van der Waals surface area contributed by atoms with Crippen LogP contribution in [0.25, 0.3) is 0 Å². The topological polar surface area (TPSA) is 100 Å². The van der Waals surface area contributed by atoms with Crippen molar-refractivity contribution in [3.05, 3.63) is 54.5 Å². The van der Waals surface area contributed by atoms with E-state index in [9.17, 15) is 9.59 Å². The molecule has 1 aliphatic heterocycles. The third kappa shape index (κ3) is 5.58. The average Bonchev–Trinajstić information content (AvgIpc) is 3.33. The van der Waals surface area contributed by atoms with Gasteiger partial charge in [-0.25, -0.2) is 15.0 Å². The van der Waals surface area contributed by atoms with Gasteiger partial charge in [-0.15, -0.1) is 35.1 Å². The smallest absolute Gasteiger partial charge is 0.285 e. The Hall–Kier alpha value is -2.11. The summed E-state index contributed by atoms with van der Waals surface area (Å²) in [4.78, 5) is 42.0. The number of rotatable bonds is 5. The molecule has 0 atom stereocenters. The summed E-state index contributed by atoms with van der Waals surface area (Å²) >= 11 is 8.49. The molecule has 4 heterocycles. The molecule has 0 saturated carbocycles. The number of thiazole rings is 1. The molecule has 0 spiro atoms. The van der Waals surface area contributed by atoms with Gasteiger partial charge < -0.3 is 15.5 Å². The Kier molecular flexibility index (Phi) is 7.60. The van der Waals surface area contributed by atoms with E-state index in [1.54, 1.807) is 25.3 Å². The van der Waals surface area contributed by atoms with Crippen molar-refractivity contribution >= 4 is 64.3 Å². The summed E-state index contributed by atoms with van der Waals surface area (Å²) in [5.74, 6) is 0.321. The van der Waals surface area contributed by atoms with E-state index in [1.807, 2.05) is 0 Å². The van der Waals surface area contributed by atoms with Crippen LogP contribution >= 0.6 is 46.7 Å². The molecule has 3 aromatic heterocycles. The Morgan fingerprint density at radius 2 is 2.03 bits per heavy atom. The van der Waals surface area contributed by atoms with Crippen LogP contribution < -0.4 is 10.6 Å². The summed E-state index contributed by atoms with van der Waals surface area (Å²) in [6, 6.07) is 3.34. The number of anilines is 1. The zero-order chi connectivity index (χ0) is 21.3. The van der Waals surface area contributed by atoms with Crippen LogP contribution in [0.3, 0.4) is 0 Å². The minimum atomic E-state index is -0.312. The minimum Gasteiger partial charge on any atom is -0.347 e. The van der Waals surface area contributed by atoms with Crippen molar-refractivity contribution in [1.82, 2.24) is 25.2 Å². The van der Waals surface area contributed by atoms with Gasteiger partial charge in [-0.2, -0.15) is 0 Å². The second kappa shape index (κ2) is 10.0. The highest BCUT2D eigenvalue weighted by molar-refractivity contribution is 7.18. The monoisotopic (exact) mass is 498 g/mol. The van der Waals surface area contributed by atoms with Gasteiger partial charge in [0.25, 0.3) is 11.8 Å². The lowest BCUT2D eigenvalue weighted by molar-refractivity contribution is 0.0954. The number of thiophene rings is 1. The van der Waals surface area contributed by atoms with Crippen molar-refractivity contribution in [2.75, 3.05) is 18.9 Å². The van der Waals surface area contributed by atoms with Crippen LogP contribution in [-0.4, -0.2) is 45.3 Å². The number of carbonyl (C=O) groups is 2. The maximum Gasteiger partial charge on any atom is 0.285 e. The molecule has 4 rings (SSSR count). The minimum absolute atomic E-state index is 0. The maximum atomic E-state index is 12.8. The molecular weight excluding hydrogens is 479 g/mol. The summed E-state index contributed by atoms with van der Waals surface area (Å²) in [7, 11) is 2.05. The molecular formula is C19H20Cl2N6O2S2. The van der Waals surface area contributed by atoms with Crippen molar-refractivity contribution in [3.8, 4) is 0 Å². The largest absolute Gasteiger partial charge is 0.347 e. The standard InChI is InChI=1S/C19H19ClN6O2S2.ClH/c1-10-21-7-11(8-22-17(27)13-3-4-15(20)29-13)16(23-10)25-18(28)19-24-12-5-6-26(2)9-14(12)30-19;/h3-4,7H,5-6,8-9H2,1-2H3,(H,22,27)(H,21,23,25,28);1H. The molecule has 164 valence electrons. The number of fused-ring (bicyclic) bond motifs is 1. The number of likely N-dealkylation sites (N-methyl/N-ethyl adjacent to an activating group) is 1. The van der Waals surface area contributed by atoms with Crippen molar-refractivity contribution in [3.63, 3.8) is 0 Å². The SMILES string of the molecule is Cc1ncc(CNC(=O)c2ccc(Cl)s2)c(NC(=O)c2nc3c(s2)CN(C)CC3)n1.Cl. The molecule has 0 aromatic carbocycles. The van der Waals surface area contributed by atoms with Crippen LogP contribution in [0.1, 0.15) is 41.4 Å². The predicted octanol–water partition coefficient (Wildman–Crippen LogP) is 3.55. The van der Waals surface area contributed by atoms with Crippen molar-refractivity contribution in [2.24, 2.45) is 0 Å². The van der Waals surface area contributed by atoms with E-state index in [-0.39, 0.29) is 30.8 Å². The molecule has 0 fully saturated rings. The number of nitrogens with one attached hydrogen (secondary N) is 2. The molecule has 3 aromatic rings. The highest BCUT2D eigenvalue weighted by Gasteiger charge is 2.22. The Bertz CT molecular complexity index is 1120. The van der Waals surface area contributed by atoms with E-state index < -0.39 is 0 Å². The lowest BCUT2D eigenvalue weighted by Gasteiger charge is -2.20. The zero-order valence-electron chi connectivity index (χ0n) is 16.8. The summed E-state index contributed by atoms with van der Waals surface area (Å²) in [6.07, 6.45) is 2.44. The van der Waals surface area contributed by atoms with Gasteiger partial charge in [0.2, 0.25) is 0 Å². The fourth-order valence-corrected chi connectivity index (χ4v) is 5.06. The quantitative estimate of drug-likeness (QED) is 0.557. The Balaban J connectivity index is 0.00000272. The first-order valence-corrected chi connectivity index (χ1v) is 11.2. The number of hydrogen-bond acceptors (Lipinski definition) is 8. The Morgan fingerprint density at radius 3 is 2.77 bits per heavy atom.